The molecule has 6 heteroatoms. The van der Waals surface area contributed by atoms with Gasteiger partial charge < -0.3 is 14.8 Å². The molecule has 3 aromatic carbocycles. The average molecular weight is 522 g/mol. The van der Waals surface area contributed by atoms with E-state index < -0.39 is 0 Å². The van der Waals surface area contributed by atoms with Gasteiger partial charge in [0.1, 0.15) is 18.1 Å². The monoisotopic (exact) mass is 521 g/mol. The second kappa shape index (κ2) is 13.1. The Balaban J connectivity index is 1.25. The summed E-state index contributed by atoms with van der Waals surface area (Å²) in [5, 5.41) is 3.03. The van der Waals surface area contributed by atoms with E-state index in [1.54, 1.807) is 6.20 Å². The van der Waals surface area contributed by atoms with Crippen LogP contribution in [-0.4, -0.2) is 22.5 Å². The van der Waals surface area contributed by atoms with E-state index in [4.69, 9.17) is 14.5 Å². The molecule has 1 heterocycles. The maximum atomic E-state index is 13.0. The number of hydrogen-bond donors (Lipinski definition) is 1. The van der Waals surface area contributed by atoms with Crippen LogP contribution < -0.4 is 14.8 Å². The van der Waals surface area contributed by atoms with Crippen LogP contribution >= 0.6 is 0 Å². The molecule has 5 rings (SSSR count). The highest BCUT2D eigenvalue weighted by Crippen LogP contribution is 2.30. The van der Waals surface area contributed by atoms with E-state index >= 15 is 0 Å². The number of aromatic nitrogens is 2. The number of nitrogens with zero attached hydrogens (tertiary/aromatic N) is 2. The van der Waals surface area contributed by atoms with Gasteiger partial charge in [0.15, 0.2) is 5.82 Å². The summed E-state index contributed by atoms with van der Waals surface area (Å²) in [4.78, 5) is 22.6. The van der Waals surface area contributed by atoms with Gasteiger partial charge >= 0.3 is 0 Å². The molecule has 0 atom stereocenters. The second-order valence-corrected chi connectivity index (χ2v) is 10.0. The van der Waals surface area contributed by atoms with Gasteiger partial charge in [0, 0.05) is 5.56 Å². The Bertz CT molecular complexity index is 1350. The lowest BCUT2D eigenvalue weighted by molar-refractivity contribution is -0.115. The molecule has 6 nitrogen and oxygen atoms in total. The van der Waals surface area contributed by atoms with Crippen molar-refractivity contribution in [1.29, 1.82) is 0 Å². The van der Waals surface area contributed by atoms with E-state index in [2.05, 4.69) is 10.3 Å². The van der Waals surface area contributed by atoms with Crippen molar-refractivity contribution in [1.82, 2.24) is 9.97 Å². The summed E-state index contributed by atoms with van der Waals surface area (Å²) < 4.78 is 11.4. The molecule has 39 heavy (non-hydrogen) atoms. The van der Waals surface area contributed by atoms with E-state index in [0.29, 0.717) is 24.9 Å². The lowest BCUT2D eigenvalue weighted by atomic mass is 10.0. The molecule has 0 aliphatic heterocycles. The van der Waals surface area contributed by atoms with Crippen molar-refractivity contribution in [3.63, 3.8) is 0 Å². The molecule has 0 spiro atoms. The zero-order valence-electron chi connectivity index (χ0n) is 22.4. The first-order valence-electron chi connectivity index (χ1n) is 13.8. The Labute approximate surface area is 230 Å². The number of anilines is 1. The summed E-state index contributed by atoms with van der Waals surface area (Å²) in [6.45, 7) is 3.11. The lowest BCUT2D eigenvalue weighted by Crippen LogP contribution is -2.18. The van der Waals surface area contributed by atoms with E-state index in [1.165, 1.54) is 25.7 Å². The minimum atomic E-state index is -0.108. The Morgan fingerprint density at radius 3 is 2.28 bits per heavy atom. The van der Waals surface area contributed by atoms with Crippen LogP contribution in [0.3, 0.4) is 0 Å². The highest BCUT2D eigenvalue weighted by molar-refractivity contribution is 5.92. The van der Waals surface area contributed by atoms with Crippen LogP contribution in [0.2, 0.25) is 0 Å². The summed E-state index contributed by atoms with van der Waals surface area (Å²) in [5.74, 6) is 2.64. The Morgan fingerprint density at radius 1 is 0.872 bits per heavy atom. The first-order chi connectivity index (χ1) is 19.2. The van der Waals surface area contributed by atoms with Gasteiger partial charge in [-0.05, 0) is 66.8 Å². The molecule has 0 unspecified atom stereocenters. The van der Waals surface area contributed by atoms with Gasteiger partial charge in [-0.3, -0.25) is 4.79 Å². The quantitative estimate of drug-likeness (QED) is 0.229. The second-order valence-electron chi connectivity index (χ2n) is 10.0. The minimum Gasteiger partial charge on any atom is -0.494 e. The van der Waals surface area contributed by atoms with Crippen LogP contribution in [0.1, 0.15) is 49.4 Å². The molecule has 4 aromatic rings. The molecule has 1 fully saturated rings. The van der Waals surface area contributed by atoms with Gasteiger partial charge in [-0.1, -0.05) is 68.1 Å². The predicted molar refractivity (Wildman–Crippen MR) is 154 cm³/mol. The summed E-state index contributed by atoms with van der Waals surface area (Å²) >= 11 is 0. The smallest absolute Gasteiger partial charge is 0.229 e. The van der Waals surface area contributed by atoms with Crippen LogP contribution in [0, 0.1) is 5.92 Å². The first kappa shape index (κ1) is 26.4. The molecule has 1 saturated carbocycles. The Kier molecular flexibility index (Phi) is 8.84. The molecular formula is C33H35N3O3. The van der Waals surface area contributed by atoms with Crippen LogP contribution in [0.15, 0.2) is 85.1 Å². The molecule has 0 bridgehead atoms. The third kappa shape index (κ3) is 7.44. The maximum absolute atomic E-state index is 13.0. The van der Waals surface area contributed by atoms with Crippen LogP contribution in [0.4, 0.5) is 5.82 Å². The van der Waals surface area contributed by atoms with Gasteiger partial charge in [-0.15, -0.1) is 0 Å². The van der Waals surface area contributed by atoms with Crippen molar-refractivity contribution in [3.05, 3.63) is 102 Å². The number of benzene rings is 3. The predicted octanol–water partition coefficient (Wildman–Crippen LogP) is 7.04. The van der Waals surface area contributed by atoms with Crippen molar-refractivity contribution in [2.75, 3.05) is 11.9 Å². The fourth-order valence-corrected chi connectivity index (χ4v) is 5.00. The maximum Gasteiger partial charge on any atom is 0.229 e. The number of rotatable bonds is 11. The van der Waals surface area contributed by atoms with E-state index in [9.17, 15) is 4.79 Å². The highest BCUT2D eigenvalue weighted by atomic mass is 16.5. The van der Waals surface area contributed by atoms with Crippen LogP contribution in [0.5, 0.6) is 11.5 Å². The minimum absolute atomic E-state index is 0.108. The lowest BCUT2D eigenvalue weighted by Gasteiger charge is -2.15. The largest absolute Gasteiger partial charge is 0.494 e. The van der Waals surface area contributed by atoms with Crippen molar-refractivity contribution in [2.24, 2.45) is 5.92 Å². The Hall–Kier alpha value is -4.19. The molecule has 0 radical (unpaired) electrons. The number of hydrogen-bond acceptors (Lipinski definition) is 5. The number of carbonyl (C=O) groups is 1. The number of nitrogens with one attached hydrogen (secondary N) is 1. The fourth-order valence-electron chi connectivity index (χ4n) is 5.00. The topological polar surface area (TPSA) is 73.3 Å². The summed E-state index contributed by atoms with van der Waals surface area (Å²) in [7, 11) is 0. The van der Waals surface area contributed by atoms with E-state index in [0.717, 1.165) is 46.0 Å². The molecule has 200 valence electrons. The van der Waals surface area contributed by atoms with Crippen molar-refractivity contribution >= 4 is 11.7 Å². The first-order valence-corrected chi connectivity index (χ1v) is 13.8. The van der Waals surface area contributed by atoms with Crippen LogP contribution in [0.25, 0.3) is 11.3 Å². The van der Waals surface area contributed by atoms with Gasteiger partial charge in [-0.25, -0.2) is 9.97 Å². The zero-order valence-corrected chi connectivity index (χ0v) is 22.4. The molecule has 1 N–H and O–H groups in total. The molecule has 1 amide bonds. The average Bonchev–Trinajstić information content (AvgIpc) is 3.48. The Morgan fingerprint density at radius 2 is 1.56 bits per heavy atom. The molecular weight excluding hydrogens is 486 g/mol. The van der Waals surface area contributed by atoms with Crippen molar-refractivity contribution < 1.29 is 14.3 Å². The van der Waals surface area contributed by atoms with Gasteiger partial charge in [-0.2, -0.15) is 0 Å². The van der Waals surface area contributed by atoms with Crippen LogP contribution in [-0.2, 0) is 24.2 Å². The van der Waals surface area contributed by atoms with Crippen molar-refractivity contribution in [2.45, 2.75) is 52.1 Å². The molecule has 1 aliphatic carbocycles. The molecule has 1 aromatic heterocycles. The van der Waals surface area contributed by atoms with E-state index in [1.807, 2.05) is 85.8 Å². The summed E-state index contributed by atoms with van der Waals surface area (Å²) in [5.41, 5.74) is 4.66. The number of carbonyl (C=O) groups excluding carboxylic acids is 1. The van der Waals surface area contributed by atoms with Gasteiger partial charge in [0.05, 0.1) is 30.6 Å². The number of amides is 1. The summed E-state index contributed by atoms with van der Waals surface area (Å²) in [6, 6.07) is 25.6. The zero-order chi connectivity index (χ0) is 26.9. The standard InChI is InChI=1S/C33H35N3O3/c1-2-38-28-18-14-27(15-19-28)31-22-34-33(30(35-31)20-24-8-6-7-9-24)36-32(37)21-25-12-16-29(17-13-25)39-23-26-10-4-3-5-11-26/h3-5,10-19,22,24H,2,6-9,20-21,23H2,1H3,(H,34,36,37). The SMILES string of the molecule is CCOc1ccc(-c2cnc(NC(=O)Cc3ccc(OCc4ccccc4)cc3)c(CC3CCCC3)n2)cc1. The van der Waals surface area contributed by atoms with Crippen molar-refractivity contribution in [3.8, 4) is 22.8 Å². The fraction of sp³-hybridized carbons (Fsp3) is 0.303. The normalized spacial score (nSPS) is 13.3. The summed E-state index contributed by atoms with van der Waals surface area (Å²) in [6.07, 6.45) is 7.71. The molecule has 0 saturated heterocycles. The third-order valence-corrected chi connectivity index (χ3v) is 7.06. The number of ether oxygens (including phenoxy) is 2. The van der Waals surface area contributed by atoms with Gasteiger partial charge in [0.25, 0.3) is 0 Å². The van der Waals surface area contributed by atoms with E-state index in [-0.39, 0.29) is 12.3 Å². The molecule has 1 aliphatic rings. The highest BCUT2D eigenvalue weighted by Gasteiger charge is 2.20. The van der Waals surface area contributed by atoms with Gasteiger partial charge in [0.2, 0.25) is 5.91 Å². The third-order valence-electron chi connectivity index (χ3n) is 7.06.